The molecule has 0 bridgehead atoms. The third-order valence-electron chi connectivity index (χ3n) is 2.73. The molecule has 0 N–H and O–H groups in total. The average Bonchev–Trinajstić information content (AvgIpc) is 2.43. The third kappa shape index (κ3) is 3.09. The molecule has 0 aromatic heterocycles. The van der Waals surface area contributed by atoms with E-state index in [1.54, 1.807) is 14.2 Å². The fourth-order valence-corrected chi connectivity index (χ4v) is 1.85. The van der Waals surface area contributed by atoms with Crippen LogP contribution in [0.1, 0.15) is 11.1 Å². The van der Waals surface area contributed by atoms with Crippen LogP contribution in [0.15, 0.2) is 54.6 Å². The van der Waals surface area contributed by atoms with Crippen molar-refractivity contribution in [3.05, 3.63) is 65.7 Å². The van der Waals surface area contributed by atoms with Crippen LogP contribution in [0.25, 0.3) is 0 Å². The summed E-state index contributed by atoms with van der Waals surface area (Å²) in [4.78, 5) is 10.1. The van der Waals surface area contributed by atoms with Crippen LogP contribution in [0.2, 0.25) is 0 Å². The van der Waals surface area contributed by atoms with Crippen molar-refractivity contribution < 1.29 is 9.68 Å². The lowest BCUT2D eigenvalue weighted by atomic mass is 10.1. The van der Waals surface area contributed by atoms with E-state index in [2.05, 4.69) is 36.4 Å². The Morgan fingerprint density at radius 1 is 0.778 bits per heavy atom. The molecule has 0 atom stereocenters. The maximum Gasteiger partial charge on any atom is 0.0947 e. The summed E-state index contributed by atoms with van der Waals surface area (Å²) in [5.41, 5.74) is 3.44. The summed E-state index contributed by atoms with van der Waals surface area (Å²) in [6, 6.07) is 18.5. The highest BCUT2D eigenvalue weighted by Crippen LogP contribution is 2.17. The summed E-state index contributed by atoms with van der Waals surface area (Å²) in [6.07, 6.45) is 0.932. The van der Waals surface area contributed by atoms with Gasteiger partial charge in [0, 0.05) is 0 Å². The zero-order chi connectivity index (χ0) is 12.8. The molecule has 3 heteroatoms. The highest BCUT2D eigenvalue weighted by atomic mass is 16.9. The van der Waals surface area contributed by atoms with Gasteiger partial charge in [-0.2, -0.15) is 0 Å². The molecule has 0 amide bonds. The molecule has 0 fully saturated rings. The van der Waals surface area contributed by atoms with Crippen molar-refractivity contribution in [2.75, 3.05) is 19.4 Å². The Labute approximate surface area is 107 Å². The van der Waals surface area contributed by atoms with Gasteiger partial charge in [-0.15, -0.1) is 5.23 Å². The van der Waals surface area contributed by atoms with E-state index in [0.29, 0.717) is 0 Å². The van der Waals surface area contributed by atoms with Crippen molar-refractivity contribution in [2.24, 2.45) is 0 Å². The second-order valence-electron chi connectivity index (χ2n) is 3.95. The summed E-state index contributed by atoms with van der Waals surface area (Å²) < 4.78 is 0. The van der Waals surface area contributed by atoms with E-state index in [9.17, 15) is 0 Å². The Morgan fingerprint density at radius 2 is 1.33 bits per heavy atom. The van der Waals surface area contributed by atoms with Crippen molar-refractivity contribution in [1.82, 2.24) is 0 Å². The monoisotopic (exact) mass is 243 g/mol. The fourth-order valence-electron chi connectivity index (χ4n) is 1.85. The van der Waals surface area contributed by atoms with E-state index in [4.69, 9.17) is 9.68 Å². The molecule has 0 saturated carbocycles. The molecule has 2 aromatic carbocycles. The molecule has 0 unspecified atom stereocenters. The van der Waals surface area contributed by atoms with Crippen molar-refractivity contribution in [3.8, 4) is 0 Å². The Morgan fingerprint density at radius 3 is 1.89 bits per heavy atom. The number of hydrogen-bond acceptors (Lipinski definition) is 3. The minimum atomic E-state index is 0.872. The van der Waals surface area contributed by atoms with E-state index in [1.165, 1.54) is 16.4 Å². The molecular formula is C15H17NO2. The Kier molecular flexibility index (Phi) is 4.34. The lowest BCUT2D eigenvalue weighted by Crippen LogP contribution is -2.19. The van der Waals surface area contributed by atoms with E-state index in [1.807, 2.05) is 18.2 Å². The normalized spacial score (nSPS) is 10.3. The molecule has 0 aliphatic carbocycles. The minimum absolute atomic E-state index is 0.872. The topological polar surface area (TPSA) is 21.7 Å². The molecule has 0 aliphatic rings. The van der Waals surface area contributed by atoms with Crippen molar-refractivity contribution >= 4 is 5.69 Å². The van der Waals surface area contributed by atoms with Crippen LogP contribution >= 0.6 is 0 Å². The summed E-state index contributed by atoms with van der Waals surface area (Å²) >= 11 is 0. The lowest BCUT2D eigenvalue weighted by molar-refractivity contribution is -0.0433. The molecule has 0 saturated heterocycles. The molecule has 0 radical (unpaired) electrons. The number of rotatable bonds is 5. The van der Waals surface area contributed by atoms with E-state index >= 15 is 0 Å². The van der Waals surface area contributed by atoms with Gasteiger partial charge < -0.3 is 0 Å². The zero-order valence-electron chi connectivity index (χ0n) is 10.7. The highest BCUT2D eigenvalue weighted by Gasteiger charge is 2.04. The van der Waals surface area contributed by atoms with Crippen molar-refractivity contribution in [3.63, 3.8) is 0 Å². The van der Waals surface area contributed by atoms with Gasteiger partial charge in [0.2, 0.25) is 0 Å². The second-order valence-corrected chi connectivity index (χ2v) is 3.95. The van der Waals surface area contributed by atoms with Gasteiger partial charge >= 0.3 is 0 Å². The van der Waals surface area contributed by atoms with Gasteiger partial charge in [-0.25, -0.2) is 0 Å². The van der Waals surface area contributed by atoms with Crippen LogP contribution in [0.3, 0.4) is 0 Å². The van der Waals surface area contributed by atoms with Crippen LogP contribution in [0, 0.1) is 0 Å². The highest BCUT2D eigenvalue weighted by molar-refractivity contribution is 5.44. The Balaban J connectivity index is 2.08. The predicted octanol–water partition coefficient (Wildman–Crippen LogP) is 3.21. The maximum atomic E-state index is 5.05. The number of benzene rings is 2. The van der Waals surface area contributed by atoms with Crippen LogP contribution in [-0.2, 0) is 16.1 Å². The van der Waals surface area contributed by atoms with Gasteiger partial charge in [-0.05, 0) is 29.7 Å². The maximum absolute atomic E-state index is 5.05. The fraction of sp³-hybridized carbons (Fsp3) is 0.200. The molecule has 0 spiro atoms. The molecule has 2 aromatic rings. The van der Waals surface area contributed by atoms with Crippen molar-refractivity contribution in [1.29, 1.82) is 0 Å². The number of nitrogens with zero attached hydrogens (tertiary/aromatic N) is 1. The SMILES string of the molecule is CON(OC)c1ccc(Cc2ccccc2)cc1. The summed E-state index contributed by atoms with van der Waals surface area (Å²) in [5, 5.41) is 1.37. The number of anilines is 1. The largest absolute Gasteiger partial charge is 0.252 e. The lowest BCUT2D eigenvalue weighted by Gasteiger charge is -2.18. The quantitative estimate of drug-likeness (QED) is 0.753. The molecule has 94 valence electrons. The van der Waals surface area contributed by atoms with Gasteiger partial charge in [0.05, 0.1) is 19.9 Å². The first-order valence-corrected chi connectivity index (χ1v) is 5.84. The van der Waals surface area contributed by atoms with E-state index in [0.717, 1.165) is 12.1 Å². The molecule has 0 heterocycles. The number of hydrogen-bond donors (Lipinski definition) is 0. The van der Waals surface area contributed by atoms with Gasteiger partial charge in [-0.3, -0.25) is 9.68 Å². The van der Waals surface area contributed by atoms with E-state index < -0.39 is 0 Å². The smallest absolute Gasteiger partial charge is 0.0947 e. The molecule has 18 heavy (non-hydrogen) atoms. The molecule has 0 aliphatic heterocycles. The van der Waals surface area contributed by atoms with Crippen LogP contribution < -0.4 is 5.23 Å². The third-order valence-corrected chi connectivity index (χ3v) is 2.73. The standard InChI is InChI=1S/C15H17NO2/c1-17-16(18-2)15-10-8-14(9-11-15)12-13-6-4-3-5-7-13/h3-11H,12H2,1-2H3. The van der Waals surface area contributed by atoms with Crippen LogP contribution in [-0.4, -0.2) is 14.2 Å². The van der Waals surface area contributed by atoms with Crippen LogP contribution in [0.5, 0.6) is 0 Å². The molecule has 2 rings (SSSR count). The van der Waals surface area contributed by atoms with Crippen LogP contribution in [0.4, 0.5) is 5.69 Å². The summed E-state index contributed by atoms with van der Waals surface area (Å²) in [6.45, 7) is 0. The van der Waals surface area contributed by atoms with E-state index in [-0.39, 0.29) is 0 Å². The van der Waals surface area contributed by atoms with Gasteiger partial charge in [0.15, 0.2) is 0 Å². The first-order valence-electron chi connectivity index (χ1n) is 5.84. The first kappa shape index (κ1) is 12.6. The summed E-state index contributed by atoms with van der Waals surface area (Å²) in [7, 11) is 3.14. The predicted molar refractivity (Wildman–Crippen MR) is 72.2 cm³/mol. The van der Waals surface area contributed by atoms with Gasteiger partial charge in [-0.1, -0.05) is 42.5 Å². The zero-order valence-corrected chi connectivity index (χ0v) is 10.7. The summed E-state index contributed by atoms with van der Waals surface area (Å²) in [5.74, 6) is 0. The first-order chi connectivity index (χ1) is 8.83. The Bertz CT molecular complexity index is 464. The second kappa shape index (κ2) is 6.19. The van der Waals surface area contributed by atoms with Crippen molar-refractivity contribution in [2.45, 2.75) is 6.42 Å². The van der Waals surface area contributed by atoms with Gasteiger partial charge in [0.1, 0.15) is 0 Å². The Hall–Kier alpha value is -1.84. The molecular weight excluding hydrogens is 226 g/mol. The minimum Gasteiger partial charge on any atom is -0.252 e. The van der Waals surface area contributed by atoms with Gasteiger partial charge in [0.25, 0.3) is 0 Å². The average molecular weight is 243 g/mol. The molecule has 3 nitrogen and oxygen atoms in total.